The summed E-state index contributed by atoms with van der Waals surface area (Å²) in [6.45, 7) is 4.81. The van der Waals surface area contributed by atoms with Crippen molar-refractivity contribution in [2.75, 3.05) is 17.3 Å². The quantitative estimate of drug-likeness (QED) is 0.483. The Hall–Kier alpha value is -1.40. The van der Waals surface area contributed by atoms with Crippen LogP contribution >= 0.6 is 0 Å². The number of nitrogens with zero attached hydrogens (tertiary/aromatic N) is 2. The number of aromatic nitrogens is 2. The van der Waals surface area contributed by atoms with Crippen LogP contribution in [0.2, 0.25) is 0 Å². The first kappa shape index (κ1) is 15.0. The van der Waals surface area contributed by atoms with Gasteiger partial charge in [-0.15, -0.1) is 0 Å². The first-order valence-electron chi connectivity index (χ1n) is 7.40. The van der Waals surface area contributed by atoms with Crippen LogP contribution in [0.4, 0.5) is 11.6 Å². The number of hydrazine groups is 1. The first-order chi connectivity index (χ1) is 9.63. The molecule has 0 amide bonds. The lowest BCUT2D eigenvalue weighted by atomic mass is 9.87. The third-order valence-electron chi connectivity index (χ3n) is 3.96. The predicted molar refractivity (Wildman–Crippen MR) is 80.4 cm³/mol. The summed E-state index contributed by atoms with van der Waals surface area (Å²) in [5, 5.41) is 13.1. The zero-order valence-electron chi connectivity index (χ0n) is 12.3. The van der Waals surface area contributed by atoms with Crippen molar-refractivity contribution in [3.05, 3.63) is 11.4 Å². The number of nitrogen functional groups attached to an aromatic ring is 1. The van der Waals surface area contributed by atoms with Crippen molar-refractivity contribution in [2.45, 2.75) is 52.1 Å². The molecule has 0 saturated heterocycles. The molecule has 0 spiro atoms. The molecular formula is C14H25N5O. The summed E-state index contributed by atoms with van der Waals surface area (Å²) >= 11 is 0. The van der Waals surface area contributed by atoms with Crippen LogP contribution in [0.25, 0.3) is 0 Å². The summed E-state index contributed by atoms with van der Waals surface area (Å²) in [6.07, 6.45) is 4.70. The van der Waals surface area contributed by atoms with Crippen LogP contribution < -0.4 is 16.6 Å². The monoisotopic (exact) mass is 279 g/mol. The molecule has 1 saturated carbocycles. The van der Waals surface area contributed by atoms with Crippen molar-refractivity contribution in [1.82, 2.24) is 9.97 Å². The lowest BCUT2D eigenvalue weighted by Crippen LogP contribution is -2.25. The lowest BCUT2D eigenvalue weighted by Gasteiger charge is -2.26. The standard InChI is InChI=1S/C14H25N5O/c1-3-12-17-13(9(2)14(18-12)19-15)16-8-10-5-4-6-11(20)7-10/h10-11,20H,3-8,15H2,1-2H3,(H2,16,17,18,19). The van der Waals surface area contributed by atoms with Gasteiger partial charge in [-0.1, -0.05) is 13.3 Å². The zero-order chi connectivity index (χ0) is 14.5. The van der Waals surface area contributed by atoms with Crippen LogP contribution in [-0.4, -0.2) is 27.7 Å². The van der Waals surface area contributed by atoms with Crippen molar-refractivity contribution in [2.24, 2.45) is 11.8 Å². The Labute approximate surface area is 120 Å². The molecule has 6 heteroatoms. The van der Waals surface area contributed by atoms with E-state index in [1.54, 1.807) is 0 Å². The fourth-order valence-electron chi connectivity index (χ4n) is 2.72. The molecule has 6 nitrogen and oxygen atoms in total. The number of nitrogens with one attached hydrogen (secondary N) is 2. The summed E-state index contributed by atoms with van der Waals surface area (Å²) in [7, 11) is 0. The predicted octanol–water partition coefficient (Wildman–Crippen LogP) is 1.60. The van der Waals surface area contributed by atoms with Gasteiger partial charge in [0.05, 0.1) is 6.10 Å². The molecular weight excluding hydrogens is 254 g/mol. The van der Waals surface area contributed by atoms with Crippen LogP contribution in [0.3, 0.4) is 0 Å². The number of aliphatic hydroxyl groups is 1. The summed E-state index contributed by atoms with van der Waals surface area (Å²) in [6, 6.07) is 0. The highest BCUT2D eigenvalue weighted by atomic mass is 16.3. The molecule has 5 N–H and O–H groups in total. The van der Waals surface area contributed by atoms with Crippen LogP contribution in [0.1, 0.15) is 44.0 Å². The van der Waals surface area contributed by atoms with E-state index in [0.29, 0.717) is 11.7 Å². The molecule has 1 heterocycles. The molecule has 0 radical (unpaired) electrons. The van der Waals surface area contributed by atoms with E-state index in [2.05, 4.69) is 20.7 Å². The minimum Gasteiger partial charge on any atom is -0.393 e. The van der Waals surface area contributed by atoms with E-state index >= 15 is 0 Å². The summed E-state index contributed by atoms with van der Waals surface area (Å²) < 4.78 is 0. The van der Waals surface area contributed by atoms with Gasteiger partial charge in [0.1, 0.15) is 17.5 Å². The van der Waals surface area contributed by atoms with E-state index in [4.69, 9.17) is 5.84 Å². The van der Waals surface area contributed by atoms with Crippen molar-refractivity contribution in [3.63, 3.8) is 0 Å². The molecule has 20 heavy (non-hydrogen) atoms. The lowest BCUT2D eigenvalue weighted by molar-refractivity contribution is 0.104. The second-order valence-corrected chi connectivity index (χ2v) is 5.53. The number of nitrogens with two attached hydrogens (primary N) is 1. The summed E-state index contributed by atoms with van der Waals surface area (Å²) in [4.78, 5) is 8.87. The third kappa shape index (κ3) is 3.58. The molecule has 0 aliphatic heterocycles. The Morgan fingerprint density at radius 2 is 2.05 bits per heavy atom. The SMILES string of the molecule is CCc1nc(NN)c(C)c(NCC2CCCC(O)C2)n1. The second kappa shape index (κ2) is 6.85. The maximum Gasteiger partial charge on any atom is 0.148 e. The fraction of sp³-hybridized carbons (Fsp3) is 0.714. The van der Waals surface area contributed by atoms with Crippen LogP contribution in [0.5, 0.6) is 0 Å². The molecule has 0 bridgehead atoms. The molecule has 2 atom stereocenters. The normalized spacial score (nSPS) is 22.6. The Morgan fingerprint density at radius 3 is 2.70 bits per heavy atom. The van der Waals surface area contributed by atoms with E-state index in [0.717, 1.165) is 55.9 Å². The molecule has 0 aromatic carbocycles. The second-order valence-electron chi connectivity index (χ2n) is 5.53. The van der Waals surface area contributed by atoms with Crippen LogP contribution in [0.15, 0.2) is 0 Å². The highest BCUT2D eigenvalue weighted by molar-refractivity contribution is 5.56. The summed E-state index contributed by atoms with van der Waals surface area (Å²) in [5.41, 5.74) is 3.56. The molecule has 1 aliphatic rings. The van der Waals surface area contributed by atoms with Gasteiger partial charge in [-0.25, -0.2) is 15.8 Å². The van der Waals surface area contributed by atoms with E-state index in [1.807, 2.05) is 13.8 Å². The van der Waals surface area contributed by atoms with Gasteiger partial charge >= 0.3 is 0 Å². The largest absolute Gasteiger partial charge is 0.393 e. The highest BCUT2D eigenvalue weighted by Crippen LogP contribution is 2.25. The topological polar surface area (TPSA) is 96.1 Å². The van der Waals surface area contributed by atoms with Gasteiger partial charge in [0.25, 0.3) is 0 Å². The molecule has 2 rings (SSSR count). The molecule has 1 aliphatic carbocycles. The van der Waals surface area contributed by atoms with Crippen molar-refractivity contribution < 1.29 is 5.11 Å². The van der Waals surface area contributed by atoms with Crippen molar-refractivity contribution in [1.29, 1.82) is 0 Å². The minimum atomic E-state index is -0.144. The number of hydrogen-bond donors (Lipinski definition) is 4. The molecule has 1 aromatic heterocycles. The maximum absolute atomic E-state index is 9.72. The zero-order valence-corrected chi connectivity index (χ0v) is 12.3. The Morgan fingerprint density at radius 1 is 1.30 bits per heavy atom. The van der Waals surface area contributed by atoms with Crippen molar-refractivity contribution >= 4 is 11.6 Å². The van der Waals surface area contributed by atoms with Gasteiger partial charge < -0.3 is 15.8 Å². The number of rotatable bonds is 5. The Kier molecular flexibility index (Phi) is 5.14. The Bertz CT molecular complexity index is 451. The van der Waals surface area contributed by atoms with Gasteiger partial charge in [0, 0.05) is 18.5 Å². The number of anilines is 2. The van der Waals surface area contributed by atoms with E-state index < -0.39 is 0 Å². The van der Waals surface area contributed by atoms with Gasteiger partial charge in [0.15, 0.2) is 0 Å². The number of aryl methyl sites for hydroxylation is 1. The smallest absolute Gasteiger partial charge is 0.148 e. The minimum absolute atomic E-state index is 0.144. The molecule has 2 unspecified atom stereocenters. The highest BCUT2D eigenvalue weighted by Gasteiger charge is 2.20. The number of hydrogen-bond acceptors (Lipinski definition) is 6. The van der Waals surface area contributed by atoms with Gasteiger partial charge in [-0.3, -0.25) is 0 Å². The van der Waals surface area contributed by atoms with E-state index in [1.165, 1.54) is 0 Å². The van der Waals surface area contributed by atoms with E-state index in [9.17, 15) is 5.11 Å². The van der Waals surface area contributed by atoms with Crippen LogP contribution in [0, 0.1) is 12.8 Å². The number of aliphatic hydroxyl groups excluding tert-OH is 1. The fourth-order valence-corrected chi connectivity index (χ4v) is 2.72. The molecule has 1 fully saturated rings. The average molecular weight is 279 g/mol. The van der Waals surface area contributed by atoms with Gasteiger partial charge in [0.2, 0.25) is 0 Å². The molecule has 112 valence electrons. The first-order valence-corrected chi connectivity index (χ1v) is 7.40. The van der Waals surface area contributed by atoms with Crippen LogP contribution in [-0.2, 0) is 6.42 Å². The Balaban J connectivity index is 2.04. The van der Waals surface area contributed by atoms with E-state index in [-0.39, 0.29) is 6.10 Å². The van der Waals surface area contributed by atoms with Gasteiger partial charge in [-0.05, 0) is 32.1 Å². The van der Waals surface area contributed by atoms with Crippen molar-refractivity contribution in [3.8, 4) is 0 Å². The average Bonchev–Trinajstić information content (AvgIpc) is 2.46. The van der Waals surface area contributed by atoms with Gasteiger partial charge in [-0.2, -0.15) is 0 Å². The molecule has 1 aromatic rings. The maximum atomic E-state index is 9.72. The third-order valence-corrected chi connectivity index (χ3v) is 3.96. The summed E-state index contributed by atoms with van der Waals surface area (Å²) in [5.74, 6) is 8.29.